The lowest BCUT2D eigenvalue weighted by atomic mass is 10.1. The van der Waals surface area contributed by atoms with E-state index in [4.69, 9.17) is 4.52 Å². The fraction of sp³-hybridized carbons (Fsp3) is 0.200. The molecule has 0 aliphatic carbocycles. The van der Waals surface area contributed by atoms with Gasteiger partial charge < -0.3 is 9.42 Å². The van der Waals surface area contributed by atoms with Gasteiger partial charge in [0.15, 0.2) is 11.5 Å². The van der Waals surface area contributed by atoms with Crippen molar-refractivity contribution in [1.82, 2.24) is 19.8 Å². The first-order valence-corrected chi connectivity index (χ1v) is 8.55. The summed E-state index contributed by atoms with van der Waals surface area (Å²) in [6.07, 6.45) is 6.28. The third kappa shape index (κ3) is 5.00. The van der Waals surface area contributed by atoms with E-state index < -0.39 is 0 Å². The van der Waals surface area contributed by atoms with Crippen molar-refractivity contribution >= 4 is 11.6 Å². The highest BCUT2D eigenvalue weighted by molar-refractivity contribution is 6.04. The molecule has 3 rings (SSSR count). The molecule has 0 saturated carbocycles. The molecule has 2 heterocycles. The average Bonchev–Trinajstić information content (AvgIpc) is 3.29. The number of ketones is 2. The van der Waals surface area contributed by atoms with Gasteiger partial charge in [0, 0.05) is 45.1 Å². The molecule has 7 nitrogen and oxygen atoms in total. The molecule has 3 aromatic rings. The number of hydrogen-bond acceptors (Lipinski definition) is 6. The highest BCUT2D eigenvalue weighted by atomic mass is 19.1. The van der Waals surface area contributed by atoms with E-state index in [1.807, 2.05) is 0 Å². The predicted molar refractivity (Wildman–Crippen MR) is 99.4 cm³/mol. The van der Waals surface area contributed by atoms with Crippen LogP contribution in [0.15, 0.2) is 59.5 Å². The zero-order chi connectivity index (χ0) is 20.1. The van der Waals surface area contributed by atoms with Crippen molar-refractivity contribution in [3.63, 3.8) is 0 Å². The minimum absolute atomic E-state index is 0.00301. The lowest BCUT2D eigenvalue weighted by Gasteiger charge is -2.01. The fourth-order valence-electron chi connectivity index (χ4n) is 2.50. The number of aromatic nitrogens is 3. The third-order valence-electron chi connectivity index (χ3n) is 3.85. The molecular formula is C20H19FN4O3. The summed E-state index contributed by atoms with van der Waals surface area (Å²) in [5.41, 5.74) is 1.54. The quantitative estimate of drug-likeness (QED) is 0.440. The van der Waals surface area contributed by atoms with Gasteiger partial charge in [0.05, 0.1) is 12.7 Å². The zero-order valence-corrected chi connectivity index (χ0v) is 15.5. The minimum atomic E-state index is -0.372. The van der Waals surface area contributed by atoms with Crippen molar-refractivity contribution in [3.05, 3.63) is 83.4 Å². The second-order valence-electron chi connectivity index (χ2n) is 6.50. The smallest absolute Gasteiger partial charge is 0.225 e. The topological polar surface area (TPSA) is 81.2 Å². The molecule has 0 bridgehead atoms. The molecule has 0 amide bonds. The van der Waals surface area contributed by atoms with Crippen LogP contribution in [0.1, 0.15) is 32.2 Å². The third-order valence-corrected chi connectivity index (χ3v) is 3.85. The molecule has 8 heteroatoms. The number of halogens is 1. The maximum atomic E-state index is 13.3. The van der Waals surface area contributed by atoms with Gasteiger partial charge in [-0.1, -0.05) is 17.3 Å². The van der Waals surface area contributed by atoms with Gasteiger partial charge in [-0.05, 0) is 23.3 Å². The first kappa shape index (κ1) is 19.2. The summed E-state index contributed by atoms with van der Waals surface area (Å²) >= 11 is 0. The molecule has 0 radical (unpaired) electrons. The number of nitrogens with zero attached hydrogens (tertiary/aromatic N) is 4. The van der Waals surface area contributed by atoms with Crippen LogP contribution in [0.2, 0.25) is 0 Å². The highest BCUT2D eigenvalue weighted by Crippen LogP contribution is 2.11. The Labute approximate surface area is 161 Å². The molecular weight excluding hydrogens is 363 g/mol. The number of carbonyl (C=O) groups is 2. The number of hydrogen-bond donors (Lipinski definition) is 0. The summed E-state index contributed by atoms with van der Waals surface area (Å²) in [6, 6.07) is 7.58. The molecule has 28 heavy (non-hydrogen) atoms. The maximum Gasteiger partial charge on any atom is 0.225 e. The Hall–Kier alpha value is -3.55. The number of benzene rings is 1. The van der Waals surface area contributed by atoms with Gasteiger partial charge in [0.25, 0.3) is 0 Å². The van der Waals surface area contributed by atoms with E-state index in [1.165, 1.54) is 24.3 Å². The van der Waals surface area contributed by atoms with E-state index >= 15 is 0 Å². The number of Topliss-reactive ketones (excluding diaryl/α,β-unsaturated/α-hetero) is 1. The van der Waals surface area contributed by atoms with E-state index in [0.29, 0.717) is 12.1 Å². The van der Waals surface area contributed by atoms with E-state index in [1.54, 1.807) is 54.4 Å². The largest absolute Gasteiger partial charge is 0.383 e. The molecule has 0 unspecified atom stereocenters. The summed E-state index contributed by atoms with van der Waals surface area (Å²) in [5.74, 6) is -0.965. The number of carbonyl (C=O) groups excluding carboxylic acids is 2. The van der Waals surface area contributed by atoms with Crippen LogP contribution >= 0.6 is 0 Å². The van der Waals surface area contributed by atoms with Crippen molar-refractivity contribution in [2.24, 2.45) is 0 Å². The second kappa shape index (κ2) is 8.43. The molecule has 0 aliphatic heterocycles. The summed E-state index contributed by atoms with van der Waals surface area (Å²) in [6.45, 7) is 0.396. The highest BCUT2D eigenvalue weighted by Gasteiger charge is 2.17. The predicted octanol–water partition coefficient (Wildman–Crippen LogP) is 2.74. The lowest BCUT2D eigenvalue weighted by Crippen LogP contribution is -2.04. The Kier molecular flexibility index (Phi) is 5.78. The van der Waals surface area contributed by atoms with Crippen molar-refractivity contribution in [2.45, 2.75) is 13.0 Å². The summed E-state index contributed by atoms with van der Waals surface area (Å²) in [7, 11) is 3.57. The molecule has 2 aromatic heterocycles. The monoisotopic (exact) mass is 382 g/mol. The molecule has 1 aromatic carbocycles. The normalized spacial score (nSPS) is 11.1. The first-order chi connectivity index (χ1) is 13.4. The summed E-state index contributed by atoms with van der Waals surface area (Å²) in [4.78, 5) is 26.0. The molecule has 0 N–H and O–H groups in total. The summed E-state index contributed by atoms with van der Waals surface area (Å²) in [5, 5.41) is 7.88. The Bertz CT molecular complexity index is 1020. The Morgan fingerprint density at radius 3 is 2.82 bits per heavy atom. The minimum Gasteiger partial charge on any atom is -0.383 e. The van der Waals surface area contributed by atoms with Crippen molar-refractivity contribution in [2.75, 3.05) is 14.1 Å². The maximum absolute atomic E-state index is 13.3. The summed E-state index contributed by atoms with van der Waals surface area (Å²) < 4.78 is 19.9. The van der Waals surface area contributed by atoms with Gasteiger partial charge in [0.1, 0.15) is 5.82 Å². The van der Waals surface area contributed by atoms with Crippen LogP contribution in [0, 0.1) is 5.82 Å². The van der Waals surface area contributed by atoms with Gasteiger partial charge in [-0.2, -0.15) is 5.10 Å². The van der Waals surface area contributed by atoms with Gasteiger partial charge in [-0.3, -0.25) is 14.3 Å². The van der Waals surface area contributed by atoms with Crippen molar-refractivity contribution < 1.29 is 18.5 Å². The van der Waals surface area contributed by atoms with Crippen LogP contribution in [0.3, 0.4) is 0 Å². The van der Waals surface area contributed by atoms with Gasteiger partial charge in [-0.25, -0.2) is 4.39 Å². The van der Waals surface area contributed by atoms with E-state index in [9.17, 15) is 14.0 Å². The first-order valence-electron chi connectivity index (χ1n) is 8.55. The fourth-order valence-corrected chi connectivity index (χ4v) is 2.50. The molecule has 0 aliphatic rings. The van der Waals surface area contributed by atoms with E-state index in [-0.39, 0.29) is 35.3 Å². The van der Waals surface area contributed by atoms with E-state index in [2.05, 4.69) is 10.3 Å². The van der Waals surface area contributed by atoms with Crippen LogP contribution in [-0.4, -0.2) is 45.5 Å². The molecule has 0 saturated heterocycles. The molecule has 0 fully saturated rings. The van der Waals surface area contributed by atoms with Crippen LogP contribution in [0.25, 0.3) is 0 Å². The Morgan fingerprint density at radius 1 is 1.25 bits per heavy atom. The zero-order valence-electron chi connectivity index (χ0n) is 15.5. The van der Waals surface area contributed by atoms with Gasteiger partial charge >= 0.3 is 0 Å². The second-order valence-corrected chi connectivity index (χ2v) is 6.50. The van der Waals surface area contributed by atoms with Crippen molar-refractivity contribution in [3.8, 4) is 0 Å². The molecule has 0 spiro atoms. The molecule has 0 atom stereocenters. The van der Waals surface area contributed by atoms with Crippen molar-refractivity contribution in [1.29, 1.82) is 0 Å². The van der Waals surface area contributed by atoms with Gasteiger partial charge in [-0.15, -0.1) is 0 Å². The van der Waals surface area contributed by atoms with Crippen LogP contribution in [0.5, 0.6) is 0 Å². The SMILES string of the molecule is CN(C)/C=C\C(=O)c1cc(C(=O)Cc2cnn(Cc3cccc(F)c3)c2)no1. The van der Waals surface area contributed by atoms with Gasteiger partial charge in [0.2, 0.25) is 11.5 Å². The number of allylic oxidation sites excluding steroid dienone is 1. The Balaban J connectivity index is 1.62. The number of rotatable bonds is 8. The van der Waals surface area contributed by atoms with Crippen LogP contribution in [0.4, 0.5) is 4.39 Å². The van der Waals surface area contributed by atoms with Crippen LogP contribution < -0.4 is 0 Å². The average molecular weight is 382 g/mol. The molecule has 144 valence electrons. The standard InChI is InChI=1S/C20H19FN4O3/c1-24(2)7-6-18(26)20-10-17(23-28-20)19(27)9-15-11-22-25(13-15)12-14-4-3-5-16(21)8-14/h3-8,10-11,13H,9,12H2,1-2H3/b7-6-. The van der Waals surface area contributed by atoms with Crippen LogP contribution in [-0.2, 0) is 13.0 Å². The Morgan fingerprint density at radius 2 is 2.07 bits per heavy atom. The van der Waals surface area contributed by atoms with E-state index in [0.717, 1.165) is 5.56 Å². The lowest BCUT2D eigenvalue weighted by molar-refractivity contribution is 0.0976.